The molecule has 0 amide bonds. The Balaban J connectivity index is 1.77. The lowest BCUT2D eigenvalue weighted by Gasteiger charge is -2.26. The molecule has 0 aromatic heterocycles. The van der Waals surface area contributed by atoms with E-state index in [1.165, 1.54) is 30.4 Å². The van der Waals surface area contributed by atoms with Gasteiger partial charge in [0.05, 0.1) is 6.61 Å². The first-order valence-corrected chi connectivity index (χ1v) is 6.48. The van der Waals surface area contributed by atoms with Gasteiger partial charge in [0.2, 0.25) is 0 Å². The van der Waals surface area contributed by atoms with Gasteiger partial charge in [-0.25, -0.2) is 0 Å². The summed E-state index contributed by atoms with van der Waals surface area (Å²) in [6.07, 6.45) is 5.01. The fraction of sp³-hybridized carbons (Fsp3) is 0.571. The van der Waals surface area contributed by atoms with Crippen LogP contribution in [-0.2, 0) is 17.8 Å². The summed E-state index contributed by atoms with van der Waals surface area (Å²) in [7, 11) is 0. The highest BCUT2D eigenvalue weighted by Crippen LogP contribution is 2.29. The minimum atomic E-state index is 0.391. The highest BCUT2D eigenvalue weighted by Gasteiger charge is 2.19. The van der Waals surface area contributed by atoms with Gasteiger partial charge in [-0.2, -0.15) is 0 Å². The van der Waals surface area contributed by atoms with E-state index in [-0.39, 0.29) is 0 Å². The number of hydrogen-bond acceptors (Lipinski definition) is 3. The number of benzene rings is 1. The van der Waals surface area contributed by atoms with Gasteiger partial charge in [-0.3, -0.25) is 0 Å². The van der Waals surface area contributed by atoms with Crippen molar-refractivity contribution in [1.29, 1.82) is 0 Å². The summed E-state index contributed by atoms with van der Waals surface area (Å²) in [6.45, 7) is 2.23. The van der Waals surface area contributed by atoms with Crippen molar-refractivity contribution >= 4 is 0 Å². The largest absolute Gasteiger partial charge is 0.467 e. The zero-order valence-corrected chi connectivity index (χ0v) is 10.1. The number of para-hydroxylation sites is 1. The van der Waals surface area contributed by atoms with Crippen LogP contribution in [0.4, 0.5) is 0 Å². The molecule has 2 aliphatic heterocycles. The Labute approximate surface area is 102 Å². The summed E-state index contributed by atoms with van der Waals surface area (Å²) >= 11 is 0. The van der Waals surface area contributed by atoms with E-state index in [0.717, 1.165) is 18.7 Å². The predicted octanol–water partition coefficient (Wildman–Crippen LogP) is 2.24. The third-order valence-electron chi connectivity index (χ3n) is 3.60. The number of hydrogen-bond donors (Lipinski definition) is 1. The lowest BCUT2D eigenvalue weighted by Crippen LogP contribution is -2.35. The summed E-state index contributed by atoms with van der Waals surface area (Å²) in [6, 6.07) is 6.99. The van der Waals surface area contributed by atoms with E-state index in [1.54, 1.807) is 0 Å². The third-order valence-corrected chi connectivity index (χ3v) is 3.60. The van der Waals surface area contributed by atoms with Crippen LogP contribution in [0.5, 0.6) is 5.75 Å². The number of ether oxygens (including phenoxy) is 2. The molecule has 3 rings (SSSR count). The van der Waals surface area contributed by atoms with Crippen molar-refractivity contribution in [3.05, 3.63) is 29.3 Å². The third kappa shape index (κ3) is 2.45. The standard InChI is InChI=1S/C14H19NO2/c1-2-7-15-13(6-1)8-11-4-3-5-12-9-16-10-17-14(11)12/h3-5,13,15H,1-2,6-10H2. The first-order valence-electron chi connectivity index (χ1n) is 6.48. The summed E-state index contributed by atoms with van der Waals surface area (Å²) in [5, 5.41) is 3.59. The molecule has 0 radical (unpaired) electrons. The summed E-state index contributed by atoms with van der Waals surface area (Å²) in [5.74, 6) is 1.06. The molecule has 3 heteroatoms. The second kappa shape index (κ2) is 5.07. The van der Waals surface area contributed by atoms with Crippen LogP contribution in [0.2, 0.25) is 0 Å². The van der Waals surface area contributed by atoms with E-state index < -0.39 is 0 Å². The monoisotopic (exact) mass is 233 g/mol. The highest BCUT2D eigenvalue weighted by molar-refractivity contribution is 5.42. The molecule has 2 heterocycles. The van der Waals surface area contributed by atoms with Crippen LogP contribution in [0, 0.1) is 0 Å². The van der Waals surface area contributed by atoms with Gasteiger partial charge in [0.15, 0.2) is 6.79 Å². The minimum Gasteiger partial charge on any atom is -0.467 e. The Morgan fingerprint density at radius 1 is 1.29 bits per heavy atom. The molecule has 1 saturated heterocycles. The lowest BCUT2D eigenvalue weighted by atomic mass is 9.96. The number of rotatable bonds is 2. The van der Waals surface area contributed by atoms with E-state index >= 15 is 0 Å². The highest BCUT2D eigenvalue weighted by atomic mass is 16.7. The Kier molecular flexibility index (Phi) is 3.29. The predicted molar refractivity (Wildman–Crippen MR) is 66.1 cm³/mol. The maximum absolute atomic E-state index is 5.65. The van der Waals surface area contributed by atoms with E-state index in [9.17, 15) is 0 Å². The van der Waals surface area contributed by atoms with Crippen molar-refractivity contribution in [2.75, 3.05) is 13.3 Å². The molecule has 0 spiro atoms. The lowest BCUT2D eigenvalue weighted by molar-refractivity contribution is -0.0171. The van der Waals surface area contributed by atoms with Gasteiger partial charge in [-0.05, 0) is 31.4 Å². The molecule has 1 atom stereocenters. The zero-order valence-electron chi connectivity index (χ0n) is 10.1. The molecule has 1 N–H and O–H groups in total. The first-order chi connectivity index (χ1) is 8.43. The van der Waals surface area contributed by atoms with Gasteiger partial charge in [0.1, 0.15) is 5.75 Å². The molecule has 0 saturated carbocycles. The molecular formula is C14H19NO2. The van der Waals surface area contributed by atoms with Crippen LogP contribution in [0.1, 0.15) is 30.4 Å². The van der Waals surface area contributed by atoms with Gasteiger partial charge >= 0.3 is 0 Å². The van der Waals surface area contributed by atoms with Crippen molar-refractivity contribution in [2.24, 2.45) is 0 Å². The fourth-order valence-corrected chi connectivity index (χ4v) is 2.71. The quantitative estimate of drug-likeness (QED) is 0.849. The smallest absolute Gasteiger partial charge is 0.189 e. The van der Waals surface area contributed by atoms with Crippen LogP contribution < -0.4 is 10.1 Å². The molecule has 0 aliphatic carbocycles. The molecule has 2 aliphatic rings. The average Bonchev–Trinajstić information content (AvgIpc) is 2.40. The summed E-state index contributed by atoms with van der Waals surface area (Å²) < 4.78 is 10.9. The molecule has 92 valence electrons. The van der Waals surface area contributed by atoms with Crippen LogP contribution in [0.15, 0.2) is 18.2 Å². The van der Waals surface area contributed by atoms with Crippen molar-refractivity contribution in [3.63, 3.8) is 0 Å². The molecule has 17 heavy (non-hydrogen) atoms. The van der Waals surface area contributed by atoms with Crippen LogP contribution in [-0.4, -0.2) is 19.4 Å². The normalized spacial score (nSPS) is 23.9. The topological polar surface area (TPSA) is 30.5 Å². The van der Waals surface area contributed by atoms with Crippen LogP contribution in [0.25, 0.3) is 0 Å². The van der Waals surface area contributed by atoms with Crippen molar-refractivity contribution in [1.82, 2.24) is 5.32 Å². The molecule has 1 unspecified atom stereocenters. The Bertz CT molecular complexity index is 386. The minimum absolute atomic E-state index is 0.391. The Hall–Kier alpha value is -1.06. The van der Waals surface area contributed by atoms with Crippen LogP contribution in [0.3, 0.4) is 0 Å². The number of nitrogens with one attached hydrogen (secondary N) is 1. The maximum atomic E-state index is 5.65. The second-order valence-electron chi connectivity index (χ2n) is 4.87. The van der Waals surface area contributed by atoms with E-state index in [1.807, 2.05) is 0 Å². The Morgan fingerprint density at radius 2 is 2.29 bits per heavy atom. The van der Waals surface area contributed by atoms with Crippen molar-refractivity contribution < 1.29 is 9.47 Å². The number of piperidine rings is 1. The van der Waals surface area contributed by atoms with Gasteiger partial charge in [0.25, 0.3) is 0 Å². The second-order valence-corrected chi connectivity index (χ2v) is 4.87. The Morgan fingerprint density at radius 3 is 3.18 bits per heavy atom. The molecule has 1 aromatic rings. The van der Waals surface area contributed by atoms with Crippen molar-refractivity contribution in [3.8, 4) is 5.75 Å². The number of fused-ring (bicyclic) bond motifs is 1. The van der Waals surface area contributed by atoms with Gasteiger partial charge in [0, 0.05) is 11.6 Å². The van der Waals surface area contributed by atoms with Crippen LogP contribution >= 0.6 is 0 Å². The van der Waals surface area contributed by atoms with Gasteiger partial charge in [-0.15, -0.1) is 0 Å². The molecule has 1 aromatic carbocycles. The zero-order chi connectivity index (χ0) is 11.5. The van der Waals surface area contributed by atoms with E-state index in [0.29, 0.717) is 19.4 Å². The summed E-state index contributed by atoms with van der Waals surface area (Å²) in [4.78, 5) is 0. The van der Waals surface area contributed by atoms with Gasteiger partial charge < -0.3 is 14.8 Å². The average molecular weight is 233 g/mol. The van der Waals surface area contributed by atoms with Gasteiger partial charge in [-0.1, -0.05) is 24.6 Å². The molecule has 3 nitrogen and oxygen atoms in total. The van der Waals surface area contributed by atoms with E-state index in [2.05, 4.69) is 23.5 Å². The SMILES string of the molecule is c1cc2c(c(CC3CCCCN3)c1)OCOC2. The van der Waals surface area contributed by atoms with E-state index in [4.69, 9.17) is 9.47 Å². The summed E-state index contributed by atoms with van der Waals surface area (Å²) in [5.41, 5.74) is 2.51. The first kappa shape index (κ1) is 11.1. The molecular weight excluding hydrogens is 214 g/mol. The molecule has 1 fully saturated rings. The molecule has 0 bridgehead atoms. The maximum Gasteiger partial charge on any atom is 0.189 e. The fourth-order valence-electron chi connectivity index (χ4n) is 2.71. The van der Waals surface area contributed by atoms with Crippen molar-refractivity contribution in [2.45, 2.75) is 38.3 Å².